The van der Waals surface area contributed by atoms with Crippen LogP contribution >= 0.6 is 22.7 Å². The van der Waals surface area contributed by atoms with Gasteiger partial charge in [0.2, 0.25) is 0 Å². The molecule has 32 heavy (non-hydrogen) atoms. The first-order valence-corrected chi connectivity index (χ1v) is 11.8. The Morgan fingerprint density at radius 3 is 2.66 bits per heavy atom. The second-order valence-corrected chi connectivity index (χ2v) is 9.04. The van der Waals surface area contributed by atoms with E-state index in [1.807, 2.05) is 47.8 Å². The van der Waals surface area contributed by atoms with Gasteiger partial charge in [-0.25, -0.2) is 4.98 Å². The van der Waals surface area contributed by atoms with Gasteiger partial charge in [-0.1, -0.05) is 48.5 Å². The lowest BCUT2D eigenvalue weighted by atomic mass is 10.2. The highest BCUT2D eigenvalue weighted by Crippen LogP contribution is 2.36. The molecule has 0 fully saturated rings. The van der Waals surface area contributed by atoms with Gasteiger partial charge in [-0.3, -0.25) is 9.59 Å². The molecular formula is C23H21N3O4S2. The fourth-order valence-electron chi connectivity index (χ4n) is 3.07. The highest BCUT2D eigenvalue weighted by Gasteiger charge is 2.24. The average Bonchev–Trinajstić information content (AvgIpc) is 3.54. The third-order valence-corrected chi connectivity index (χ3v) is 6.57. The largest absolute Gasteiger partial charge is 0.452 e. The maximum absolute atomic E-state index is 12.8. The molecule has 0 radical (unpaired) electrons. The number of rotatable bonds is 8. The molecule has 0 spiro atoms. The lowest BCUT2D eigenvalue weighted by Crippen LogP contribution is -2.32. The van der Waals surface area contributed by atoms with Crippen molar-refractivity contribution < 1.29 is 18.8 Å². The number of esters is 1. The summed E-state index contributed by atoms with van der Waals surface area (Å²) in [4.78, 5) is 31.8. The minimum Gasteiger partial charge on any atom is -0.452 e. The van der Waals surface area contributed by atoms with Gasteiger partial charge in [-0.15, -0.1) is 22.7 Å². The number of ether oxygens (including phenoxy) is 1. The Balaban J connectivity index is 1.50. The summed E-state index contributed by atoms with van der Waals surface area (Å²) in [5.74, 6) is -0.0610. The van der Waals surface area contributed by atoms with Crippen LogP contribution in [-0.2, 0) is 20.7 Å². The molecule has 9 heteroatoms. The maximum Gasteiger partial charge on any atom is 0.311 e. The molecule has 0 aliphatic heterocycles. The number of anilines is 1. The number of aromatic nitrogens is 2. The van der Waals surface area contributed by atoms with Gasteiger partial charge in [0.25, 0.3) is 5.91 Å². The second-order valence-electron chi connectivity index (χ2n) is 7.01. The van der Waals surface area contributed by atoms with Crippen molar-refractivity contribution in [2.75, 3.05) is 5.32 Å². The van der Waals surface area contributed by atoms with E-state index in [1.165, 1.54) is 11.3 Å². The molecule has 4 aromatic rings. The number of thiophene rings is 1. The number of nitrogens with one attached hydrogen (secondary N) is 1. The number of thiazole rings is 1. The monoisotopic (exact) mass is 467 g/mol. The summed E-state index contributed by atoms with van der Waals surface area (Å²) in [6.45, 7) is 3.51. The normalized spacial score (nSPS) is 11.8. The quantitative estimate of drug-likeness (QED) is 0.352. The number of carbonyl (C=O) groups excluding carboxylic acids is 2. The number of hydrogen-bond acceptors (Lipinski definition) is 8. The molecule has 1 atom stereocenters. The molecule has 3 aromatic heterocycles. The summed E-state index contributed by atoms with van der Waals surface area (Å²) in [7, 11) is 0. The fourth-order valence-corrected chi connectivity index (χ4v) is 4.94. The molecular weight excluding hydrogens is 446 g/mol. The summed E-state index contributed by atoms with van der Waals surface area (Å²) >= 11 is 3.02. The van der Waals surface area contributed by atoms with Gasteiger partial charge < -0.3 is 14.6 Å². The minimum absolute atomic E-state index is 0.0323. The molecule has 1 amide bonds. The van der Waals surface area contributed by atoms with E-state index in [0.717, 1.165) is 26.0 Å². The Labute approximate surface area is 193 Å². The van der Waals surface area contributed by atoms with Crippen LogP contribution in [0.4, 0.5) is 5.82 Å². The number of hydrogen-bond donors (Lipinski definition) is 1. The number of nitrogens with zero attached hydrogens (tertiary/aromatic N) is 2. The third kappa shape index (κ3) is 5.12. The van der Waals surface area contributed by atoms with E-state index in [1.54, 1.807) is 31.3 Å². The van der Waals surface area contributed by atoms with Crippen LogP contribution in [-0.4, -0.2) is 28.1 Å². The maximum atomic E-state index is 12.8. The van der Waals surface area contributed by atoms with E-state index in [-0.39, 0.29) is 12.2 Å². The first-order chi connectivity index (χ1) is 15.5. The van der Waals surface area contributed by atoms with Gasteiger partial charge in [0, 0.05) is 16.5 Å². The number of aryl methyl sites for hydroxylation is 1. The van der Waals surface area contributed by atoms with E-state index in [0.29, 0.717) is 12.2 Å². The number of carbonyl (C=O) groups is 2. The van der Waals surface area contributed by atoms with E-state index in [9.17, 15) is 9.59 Å². The number of amides is 1. The molecule has 0 bridgehead atoms. The van der Waals surface area contributed by atoms with Crippen molar-refractivity contribution in [1.82, 2.24) is 10.1 Å². The molecule has 0 saturated carbocycles. The SMILES string of the molecule is CCC(OC(=O)Cc1sc(-c2ccccc2)nc1-c1cccs1)C(=O)Nc1cc(C)on1. The zero-order valence-electron chi connectivity index (χ0n) is 17.5. The van der Waals surface area contributed by atoms with Gasteiger partial charge in [0.15, 0.2) is 11.9 Å². The van der Waals surface area contributed by atoms with Crippen LogP contribution in [0.3, 0.4) is 0 Å². The van der Waals surface area contributed by atoms with Crippen LogP contribution < -0.4 is 5.32 Å². The Kier molecular flexibility index (Phi) is 6.77. The minimum atomic E-state index is -0.925. The topological polar surface area (TPSA) is 94.3 Å². The number of benzene rings is 1. The van der Waals surface area contributed by atoms with Crippen LogP contribution in [0.1, 0.15) is 24.0 Å². The van der Waals surface area contributed by atoms with Crippen molar-refractivity contribution in [2.45, 2.75) is 32.8 Å². The standard InChI is InChI=1S/C23H21N3O4S2/c1-3-16(22(28)24-19-12-14(2)30-26-19)29-20(27)13-18-21(17-10-7-11-31-17)25-23(32-18)15-8-5-4-6-9-15/h4-12,16H,3,13H2,1-2H3,(H,24,26,28). The van der Waals surface area contributed by atoms with Crippen LogP contribution in [0.5, 0.6) is 0 Å². The van der Waals surface area contributed by atoms with Gasteiger partial charge in [-0.2, -0.15) is 0 Å². The van der Waals surface area contributed by atoms with Crippen molar-refractivity contribution in [1.29, 1.82) is 0 Å². The first kappa shape index (κ1) is 21.9. The van der Waals surface area contributed by atoms with Gasteiger partial charge in [-0.05, 0) is 24.8 Å². The summed E-state index contributed by atoms with van der Waals surface area (Å²) < 4.78 is 10.5. The average molecular weight is 468 g/mol. The lowest BCUT2D eigenvalue weighted by molar-refractivity contribution is -0.153. The van der Waals surface area contributed by atoms with Crippen LogP contribution in [0.25, 0.3) is 21.1 Å². The smallest absolute Gasteiger partial charge is 0.311 e. The summed E-state index contributed by atoms with van der Waals surface area (Å²) in [6, 6.07) is 15.4. The first-order valence-electron chi connectivity index (χ1n) is 10.1. The van der Waals surface area contributed by atoms with Gasteiger partial charge in [0.05, 0.1) is 17.0 Å². The molecule has 164 valence electrons. The zero-order valence-corrected chi connectivity index (χ0v) is 19.2. The molecule has 7 nitrogen and oxygen atoms in total. The van der Waals surface area contributed by atoms with Crippen molar-refractivity contribution >= 4 is 40.4 Å². The molecule has 1 aromatic carbocycles. The highest BCUT2D eigenvalue weighted by molar-refractivity contribution is 7.17. The van der Waals surface area contributed by atoms with Crippen LogP contribution in [0, 0.1) is 6.92 Å². The van der Waals surface area contributed by atoms with Gasteiger partial charge in [0.1, 0.15) is 10.8 Å². The van der Waals surface area contributed by atoms with Crippen molar-refractivity contribution in [2.24, 2.45) is 0 Å². The predicted octanol–water partition coefficient (Wildman–Crippen LogP) is 5.34. The Morgan fingerprint density at radius 1 is 1.19 bits per heavy atom. The fraction of sp³-hybridized carbons (Fsp3) is 0.217. The molecule has 3 heterocycles. The molecule has 1 N–H and O–H groups in total. The van der Waals surface area contributed by atoms with E-state index in [2.05, 4.69) is 10.5 Å². The Hall–Kier alpha value is -3.30. The molecule has 0 saturated heterocycles. The van der Waals surface area contributed by atoms with Crippen LogP contribution in [0.2, 0.25) is 0 Å². The molecule has 4 rings (SSSR count). The van der Waals surface area contributed by atoms with E-state index < -0.39 is 18.0 Å². The molecule has 0 aliphatic carbocycles. The van der Waals surface area contributed by atoms with Crippen molar-refractivity contribution in [3.63, 3.8) is 0 Å². The molecule has 0 aliphatic rings. The predicted molar refractivity (Wildman–Crippen MR) is 125 cm³/mol. The van der Waals surface area contributed by atoms with Crippen molar-refractivity contribution in [3.05, 3.63) is 64.5 Å². The summed E-state index contributed by atoms with van der Waals surface area (Å²) in [5, 5.41) is 9.16. The third-order valence-electron chi connectivity index (χ3n) is 4.59. The van der Waals surface area contributed by atoms with E-state index >= 15 is 0 Å². The summed E-state index contributed by atoms with van der Waals surface area (Å²) in [5.41, 5.74) is 1.76. The zero-order chi connectivity index (χ0) is 22.5. The van der Waals surface area contributed by atoms with Crippen LogP contribution in [0.15, 0.2) is 58.4 Å². The summed E-state index contributed by atoms with van der Waals surface area (Å²) in [6.07, 6.45) is -0.555. The lowest BCUT2D eigenvalue weighted by Gasteiger charge is -2.15. The van der Waals surface area contributed by atoms with Crippen molar-refractivity contribution in [3.8, 4) is 21.1 Å². The highest BCUT2D eigenvalue weighted by atomic mass is 32.1. The Morgan fingerprint density at radius 2 is 2.00 bits per heavy atom. The van der Waals surface area contributed by atoms with Gasteiger partial charge >= 0.3 is 5.97 Å². The molecule has 1 unspecified atom stereocenters. The Bertz CT molecular complexity index is 1200. The van der Waals surface area contributed by atoms with E-state index in [4.69, 9.17) is 14.2 Å². The second kappa shape index (κ2) is 9.88.